The Bertz CT molecular complexity index is 1020. The predicted octanol–water partition coefficient (Wildman–Crippen LogP) is 4.58. The maximum Gasteiger partial charge on any atom is 0.273 e. The number of carbonyl (C=O) groups is 1. The average molecular weight is 363 g/mol. The van der Waals surface area contributed by atoms with Gasteiger partial charge in [-0.3, -0.25) is 4.79 Å². The van der Waals surface area contributed by atoms with Crippen LogP contribution in [0.4, 0.5) is 5.69 Å². The molecule has 0 aliphatic carbocycles. The minimum atomic E-state index is -0.271. The molecule has 1 aliphatic heterocycles. The number of oxazole rings is 1. The van der Waals surface area contributed by atoms with Crippen LogP contribution in [0.3, 0.4) is 0 Å². The number of rotatable bonds is 3. The molecule has 0 fully saturated rings. The van der Waals surface area contributed by atoms with Crippen LogP contribution in [-0.2, 0) is 15.0 Å². The van der Waals surface area contributed by atoms with E-state index in [1.807, 2.05) is 57.2 Å². The summed E-state index contributed by atoms with van der Waals surface area (Å²) in [5.74, 6) is 0.396. The zero-order valence-electron chi connectivity index (χ0n) is 15.5. The van der Waals surface area contributed by atoms with Gasteiger partial charge in [-0.15, -0.1) is 0 Å². The number of nitrogens with zero attached hydrogens (tertiary/aromatic N) is 2. The first kappa shape index (κ1) is 17.3. The van der Waals surface area contributed by atoms with Crippen LogP contribution in [0.25, 0.3) is 11.1 Å². The van der Waals surface area contributed by atoms with Crippen molar-refractivity contribution >= 4 is 28.4 Å². The SMILES string of the molecule is CC(C)(C)c1nc2cc(NC(=O)C3=NOC(c4ccccc4)C3)ccc2o1. The van der Waals surface area contributed by atoms with E-state index in [0.717, 1.165) is 5.56 Å². The molecule has 0 saturated carbocycles. The number of carbonyl (C=O) groups excluding carboxylic acids is 1. The van der Waals surface area contributed by atoms with Crippen molar-refractivity contribution in [2.75, 3.05) is 5.32 Å². The maximum absolute atomic E-state index is 12.5. The third kappa shape index (κ3) is 3.56. The van der Waals surface area contributed by atoms with Gasteiger partial charge >= 0.3 is 0 Å². The Labute approximate surface area is 157 Å². The van der Waals surface area contributed by atoms with E-state index in [2.05, 4.69) is 15.5 Å². The van der Waals surface area contributed by atoms with Gasteiger partial charge in [0.15, 0.2) is 11.7 Å². The van der Waals surface area contributed by atoms with Crippen LogP contribution in [0.5, 0.6) is 0 Å². The second-order valence-corrected chi connectivity index (χ2v) is 7.65. The zero-order chi connectivity index (χ0) is 19.0. The first-order valence-corrected chi connectivity index (χ1v) is 8.90. The van der Waals surface area contributed by atoms with Gasteiger partial charge in [-0.2, -0.15) is 0 Å². The van der Waals surface area contributed by atoms with Crippen LogP contribution >= 0.6 is 0 Å². The van der Waals surface area contributed by atoms with E-state index in [9.17, 15) is 4.79 Å². The van der Waals surface area contributed by atoms with Gasteiger partial charge in [0.05, 0.1) is 0 Å². The molecule has 0 saturated heterocycles. The number of aromatic nitrogens is 1. The number of anilines is 1. The Morgan fingerprint density at radius 3 is 2.67 bits per heavy atom. The van der Waals surface area contributed by atoms with Crippen LogP contribution in [0.15, 0.2) is 58.1 Å². The van der Waals surface area contributed by atoms with Crippen molar-refractivity contribution in [3.05, 3.63) is 60.0 Å². The molecule has 6 heteroatoms. The number of benzene rings is 2. The summed E-state index contributed by atoms with van der Waals surface area (Å²) in [4.78, 5) is 22.5. The number of hydrogen-bond donors (Lipinski definition) is 1. The average Bonchev–Trinajstić information content (AvgIpc) is 3.29. The lowest BCUT2D eigenvalue weighted by Crippen LogP contribution is -2.21. The van der Waals surface area contributed by atoms with Crippen molar-refractivity contribution in [1.29, 1.82) is 0 Å². The van der Waals surface area contributed by atoms with Crippen molar-refractivity contribution in [1.82, 2.24) is 4.98 Å². The molecule has 2 heterocycles. The summed E-state index contributed by atoms with van der Waals surface area (Å²) in [6.45, 7) is 6.13. The molecular weight excluding hydrogens is 342 g/mol. The van der Waals surface area contributed by atoms with Gasteiger partial charge < -0.3 is 14.6 Å². The Morgan fingerprint density at radius 2 is 1.93 bits per heavy atom. The monoisotopic (exact) mass is 363 g/mol. The lowest BCUT2D eigenvalue weighted by molar-refractivity contribution is -0.110. The summed E-state index contributed by atoms with van der Waals surface area (Å²) in [6.07, 6.45) is 0.218. The molecule has 138 valence electrons. The van der Waals surface area contributed by atoms with E-state index < -0.39 is 0 Å². The van der Waals surface area contributed by atoms with Crippen molar-refractivity contribution < 1.29 is 14.0 Å². The molecule has 1 amide bonds. The van der Waals surface area contributed by atoms with Gasteiger partial charge in [0, 0.05) is 17.5 Å². The summed E-state index contributed by atoms with van der Waals surface area (Å²) in [7, 11) is 0. The Kier molecular flexibility index (Phi) is 4.18. The van der Waals surface area contributed by atoms with E-state index in [1.165, 1.54) is 0 Å². The summed E-state index contributed by atoms with van der Waals surface area (Å²) in [6, 6.07) is 15.2. The minimum absolute atomic E-state index is 0.176. The highest BCUT2D eigenvalue weighted by Gasteiger charge is 2.27. The molecule has 1 aliphatic rings. The van der Waals surface area contributed by atoms with Crippen LogP contribution < -0.4 is 5.32 Å². The lowest BCUT2D eigenvalue weighted by atomic mass is 9.97. The number of hydrogen-bond acceptors (Lipinski definition) is 5. The molecule has 0 spiro atoms. The van der Waals surface area contributed by atoms with Crippen LogP contribution in [0.2, 0.25) is 0 Å². The third-order valence-corrected chi connectivity index (χ3v) is 4.39. The van der Waals surface area contributed by atoms with Gasteiger partial charge in [-0.25, -0.2) is 4.98 Å². The van der Waals surface area contributed by atoms with E-state index in [0.29, 0.717) is 34.8 Å². The summed E-state index contributed by atoms with van der Waals surface area (Å²) in [5.41, 5.74) is 3.26. The quantitative estimate of drug-likeness (QED) is 0.739. The van der Waals surface area contributed by atoms with Gasteiger partial charge in [0.1, 0.15) is 11.2 Å². The first-order valence-electron chi connectivity index (χ1n) is 8.90. The van der Waals surface area contributed by atoms with E-state index in [1.54, 1.807) is 12.1 Å². The number of amides is 1. The molecular formula is C21H21N3O3. The lowest BCUT2D eigenvalue weighted by Gasteiger charge is -2.11. The predicted molar refractivity (Wildman–Crippen MR) is 104 cm³/mol. The highest BCUT2D eigenvalue weighted by Crippen LogP contribution is 2.29. The first-order chi connectivity index (χ1) is 12.9. The Hall–Kier alpha value is -3.15. The third-order valence-electron chi connectivity index (χ3n) is 4.39. The largest absolute Gasteiger partial charge is 0.440 e. The molecule has 1 aromatic heterocycles. The molecule has 1 unspecified atom stereocenters. The number of oxime groups is 1. The Balaban J connectivity index is 1.47. The standard InChI is InChI=1S/C21H21N3O3/c1-21(2,3)20-23-15-11-14(9-10-17(15)26-20)22-19(25)16-12-18(27-24-16)13-7-5-4-6-8-13/h4-11,18H,12H2,1-3H3,(H,22,25). The van der Waals surface area contributed by atoms with Crippen LogP contribution in [-0.4, -0.2) is 16.6 Å². The highest BCUT2D eigenvalue weighted by molar-refractivity contribution is 6.43. The molecule has 27 heavy (non-hydrogen) atoms. The molecule has 0 bridgehead atoms. The highest BCUT2D eigenvalue weighted by atomic mass is 16.6. The fourth-order valence-electron chi connectivity index (χ4n) is 2.89. The smallest absolute Gasteiger partial charge is 0.273 e. The van der Waals surface area contributed by atoms with Crippen LogP contribution in [0.1, 0.15) is 44.8 Å². The van der Waals surface area contributed by atoms with Crippen molar-refractivity contribution in [3.63, 3.8) is 0 Å². The zero-order valence-corrected chi connectivity index (χ0v) is 15.5. The van der Waals surface area contributed by atoms with Gasteiger partial charge in [-0.05, 0) is 23.8 Å². The molecule has 0 radical (unpaired) electrons. The normalized spacial score (nSPS) is 16.9. The van der Waals surface area contributed by atoms with E-state index in [-0.39, 0.29) is 17.4 Å². The van der Waals surface area contributed by atoms with Crippen molar-refractivity contribution in [3.8, 4) is 0 Å². The summed E-state index contributed by atoms with van der Waals surface area (Å²) < 4.78 is 5.79. The second kappa shape index (κ2) is 6.54. The molecule has 1 N–H and O–H groups in total. The molecule has 1 atom stereocenters. The topological polar surface area (TPSA) is 76.7 Å². The molecule has 4 rings (SSSR count). The van der Waals surface area contributed by atoms with E-state index in [4.69, 9.17) is 9.25 Å². The van der Waals surface area contributed by atoms with Gasteiger partial charge in [0.2, 0.25) is 5.89 Å². The van der Waals surface area contributed by atoms with Crippen LogP contribution in [0, 0.1) is 0 Å². The van der Waals surface area contributed by atoms with Gasteiger partial charge in [0.25, 0.3) is 5.91 Å². The number of nitrogens with one attached hydrogen (secondary N) is 1. The van der Waals surface area contributed by atoms with E-state index >= 15 is 0 Å². The second-order valence-electron chi connectivity index (χ2n) is 7.65. The Morgan fingerprint density at radius 1 is 1.15 bits per heavy atom. The number of fused-ring (bicyclic) bond motifs is 1. The van der Waals surface area contributed by atoms with Crippen molar-refractivity contribution in [2.24, 2.45) is 5.16 Å². The fraction of sp³-hybridized carbons (Fsp3) is 0.286. The van der Waals surface area contributed by atoms with Gasteiger partial charge in [-0.1, -0.05) is 56.3 Å². The molecule has 6 nitrogen and oxygen atoms in total. The van der Waals surface area contributed by atoms with Crippen molar-refractivity contribution in [2.45, 2.75) is 38.7 Å². The molecule has 3 aromatic rings. The molecule has 2 aromatic carbocycles. The fourth-order valence-corrected chi connectivity index (χ4v) is 2.89. The minimum Gasteiger partial charge on any atom is -0.440 e. The maximum atomic E-state index is 12.5. The summed E-state index contributed by atoms with van der Waals surface area (Å²) in [5, 5.41) is 6.82. The summed E-state index contributed by atoms with van der Waals surface area (Å²) >= 11 is 0.